The van der Waals surface area contributed by atoms with E-state index in [1.807, 2.05) is 0 Å². The largest absolute Gasteiger partial charge is 0.455 e. The van der Waals surface area contributed by atoms with E-state index in [4.69, 9.17) is 19.9 Å². The summed E-state index contributed by atoms with van der Waals surface area (Å²) in [6.45, 7) is 1.70. The van der Waals surface area contributed by atoms with Crippen LogP contribution in [0.4, 0.5) is 10.7 Å². The first-order chi connectivity index (χ1) is 12.9. The van der Waals surface area contributed by atoms with Gasteiger partial charge in [-0.1, -0.05) is 11.3 Å². The summed E-state index contributed by atoms with van der Waals surface area (Å²) in [5.41, 5.74) is 6.07. The van der Waals surface area contributed by atoms with Gasteiger partial charge in [0.1, 0.15) is 10.9 Å². The lowest BCUT2D eigenvalue weighted by Gasteiger charge is -2.17. The summed E-state index contributed by atoms with van der Waals surface area (Å²) >= 11 is 0.905. The fourth-order valence-electron chi connectivity index (χ4n) is 2.72. The van der Waals surface area contributed by atoms with Crippen LogP contribution in [0, 0.1) is 0 Å². The van der Waals surface area contributed by atoms with Crippen molar-refractivity contribution in [3.05, 3.63) is 9.67 Å². The van der Waals surface area contributed by atoms with Crippen LogP contribution in [0.1, 0.15) is 26.0 Å². The Hall–Kier alpha value is -2.44. The minimum Gasteiger partial charge on any atom is -0.455 e. The SMILES string of the molecule is CCOC(=O)N(C)COc1nc(N)nc2c1sc(=O)n2C1CCC(CO)O1. The van der Waals surface area contributed by atoms with Crippen LogP contribution in [0.2, 0.25) is 0 Å². The smallest absolute Gasteiger partial charge is 0.412 e. The molecule has 0 radical (unpaired) electrons. The molecule has 27 heavy (non-hydrogen) atoms. The standard InChI is InChI=1S/C15H21N5O6S/c1-3-24-14(22)19(2)7-25-12-10-11(17-13(16)18-12)20(15(23)27-10)9-5-4-8(6-21)26-9/h8-9,21H,3-7H2,1-2H3,(H2,16,17,18). The van der Waals surface area contributed by atoms with Crippen LogP contribution in [-0.2, 0) is 9.47 Å². The number of hydrogen-bond acceptors (Lipinski definition) is 10. The van der Waals surface area contributed by atoms with Gasteiger partial charge in [0.05, 0.1) is 19.3 Å². The number of aromatic nitrogens is 3. The average molecular weight is 399 g/mol. The molecule has 0 bridgehead atoms. The lowest BCUT2D eigenvalue weighted by atomic mass is 10.2. The van der Waals surface area contributed by atoms with Crippen molar-refractivity contribution < 1.29 is 24.1 Å². The number of aliphatic hydroxyl groups is 1. The molecule has 1 aliphatic rings. The number of amides is 1. The highest BCUT2D eigenvalue weighted by Crippen LogP contribution is 2.33. The second kappa shape index (κ2) is 8.06. The van der Waals surface area contributed by atoms with Gasteiger partial charge in [0.2, 0.25) is 11.8 Å². The van der Waals surface area contributed by atoms with Crippen molar-refractivity contribution in [2.24, 2.45) is 0 Å². The molecule has 11 nitrogen and oxygen atoms in total. The number of nitrogens with zero attached hydrogens (tertiary/aromatic N) is 4. The van der Waals surface area contributed by atoms with Crippen molar-refractivity contribution in [3.8, 4) is 5.88 Å². The van der Waals surface area contributed by atoms with E-state index in [1.54, 1.807) is 6.92 Å². The van der Waals surface area contributed by atoms with Gasteiger partial charge in [0.15, 0.2) is 12.4 Å². The Bertz CT molecular complexity index is 883. The normalized spacial score (nSPS) is 19.4. The number of carbonyl (C=O) groups excluding carboxylic acids is 1. The van der Waals surface area contributed by atoms with Crippen LogP contribution < -0.4 is 15.3 Å². The molecule has 12 heteroatoms. The Morgan fingerprint density at radius 2 is 2.26 bits per heavy atom. The Balaban J connectivity index is 1.88. The van der Waals surface area contributed by atoms with Crippen LogP contribution >= 0.6 is 11.3 Å². The first kappa shape index (κ1) is 19.3. The summed E-state index contributed by atoms with van der Waals surface area (Å²) in [6, 6.07) is 0. The summed E-state index contributed by atoms with van der Waals surface area (Å²) < 4.78 is 17.9. The third-order valence-corrected chi connectivity index (χ3v) is 4.93. The highest BCUT2D eigenvalue weighted by Gasteiger charge is 2.30. The molecule has 0 aliphatic carbocycles. The van der Waals surface area contributed by atoms with Gasteiger partial charge in [0.25, 0.3) is 0 Å². The molecule has 2 unspecified atom stereocenters. The van der Waals surface area contributed by atoms with Crippen molar-refractivity contribution in [1.82, 2.24) is 19.4 Å². The second-order valence-electron chi connectivity index (χ2n) is 5.92. The summed E-state index contributed by atoms with van der Waals surface area (Å²) in [6.07, 6.45) is -0.185. The molecule has 1 aliphatic heterocycles. The van der Waals surface area contributed by atoms with E-state index >= 15 is 0 Å². The minimum atomic E-state index is -0.545. The molecule has 1 fully saturated rings. The van der Waals surface area contributed by atoms with Gasteiger partial charge in [-0.05, 0) is 19.8 Å². The first-order valence-corrected chi connectivity index (χ1v) is 9.21. The number of thiazole rings is 1. The molecular formula is C15H21N5O6S. The molecule has 1 amide bonds. The van der Waals surface area contributed by atoms with Crippen LogP contribution in [0.3, 0.4) is 0 Å². The summed E-state index contributed by atoms with van der Waals surface area (Å²) in [5, 5.41) is 9.24. The fraction of sp³-hybridized carbons (Fsp3) is 0.600. The van der Waals surface area contributed by atoms with Crippen molar-refractivity contribution in [3.63, 3.8) is 0 Å². The molecule has 3 N–H and O–H groups in total. The Morgan fingerprint density at radius 3 is 2.93 bits per heavy atom. The van der Waals surface area contributed by atoms with Gasteiger partial charge in [-0.15, -0.1) is 0 Å². The molecule has 148 valence electrons. The second-order valence-corrected chi connectivity index (χ2v) is 6.88. The molecular weight excluding hydrogens is 378 g/mol. The maximum Gasteiger partial charge on any atom is 0.412 e. The van der Waals surface area contributed by atoms with E-state index in [0.29, 0.717) is 23.2 Å². The summed E-state index contributed by atoms with van der Waals surface area (Å²) in [4.78, 5) is 33.3. The predicted molar refractivity (Wildman–Crippen MR) is 96.6 cm³/mol. The van der Waals surface area contributed by atoms with Gasteiger partial charge >= 0.3 is 11.0 Å². The third-order valence-electron chi connectivity index (χ3n) is 4.00. The van der Waals surface area contributed by atoms with Crippen LogP contribution in [-0.4, -0.2) is 63.7 Å². The van der Waals surface area contributed by atoms with Crippen molar-refractivity contribution >= 4 is 33.7 Å². The van der Waals surface area contributed by atoms with E-state index in [1.165, 1.54) is 16.5 Å². The number of nitrogens with two attached hydrogens (primary N) is 1. The first-order valence-electron chi connectivity index (χ1n) is 8.40. The van der Waals surface area contributed by atoms with Crippen molar-refractivity contribution in [1.29, 1.82) is 0 Å². The molecule has 2 aromatic rings. The van der Waals surface area contributed by atoms with Crippen LogP contribution in [0.5, 0.6) is 5.88 Å². The number of nitrogen functional groups attached to an aromatic ring is 1. The number of rotatable bonds is 6. The molecule has 2 aromatic heterocycles. The molecule has 0 aromatic carbocycles. The molecule has 1 saturated heterocycles. The number of hydrogen-bond donors (Lipinski definition) is 2. The quantitative estimate of drug-likeness (QED) is 0.665. The van der Waals surface area contributed by atoms with E-state index < -0.39 is 12.3 Å². The highest BCUT2D eigenvalue weighted by molar-refractivity contribution is 7.16. The van der Waals surface area contributed by atoms with Crippen LogP contribution in [0.15, 0.2) is 4.79 Å². The van der Waals surface area contributed by atoms with Crippen LogP contribution in [0.25, 0.3) is 10.3 Å². The van der Waals surface area contributed by atoms with E-state index in [9.17, 15) is 14.7 Å². The van der Waals surface area contributed by atoms with Gasteiger partial charge in [0, 0.05) is 7.05 Å². The average Bonchev–Trinajstić information content (AvgIpc) is 3.22. The van der Waals surface area contributed by atoms with Gasteiger partial charge in [-0.25, -0.2) is 4.79 Å². The zero-order valence-corrected chi connectivity index (χ0v) is 15.8. The van der Waals surface area contributed by atoms with E-state index in [2.05, 4.69) is 9.97 Å². The maximum absolute atomic E-state index is 12.5. The lowest BCUT2D eigenvalue weighted by molar-refractivity contribution is -0.0214. The Morgan fingerprint density at radius 1 is 1.48 bits per heavy atom. The highest BCUT2D eigenvalue weighted by atomic mass is 32.1. The number of fused-ring (bicyclic) bond motifs is 1. The van der Waals surface area contributed by atoms with Crippen molar-refractivity contribution in [2.45, 2.75) is 32.1 Å². The lowest BCUT2D eigenvalue weighted by Crippen LogP contribution is -2.31. The number of ether oxygens (including phenoxy) is 3. The summed E-state index contributed by atoms with van der Waals surface area (Å²) in [5.74, 6) is 0.0331. The minimum absolute atomic E-state index is 0.0699. The Kier molecular flexibility index (Phi) is 5.77. The van der Waals surface area contributed by atoms with Gasteiger partial charge in [-0.3, -0.25) is 14.3 Å². The number of carbonyl (C=O) groups is 1. The van der Waals surface area contributed by atoms with Crippen molar-refractivity contribution in [2.75, 3.05) is 32.7 Å². The molecule has 2 atom stereocenters. The maximum atomic E-state index is 12.5. The molecule has 3 rings (SSSR count). The zero-order chi connectivity index (χ0) is 19.6. The zero-order valence-electron chi connectivity index (χ0n) is 15.0. The van der Waals surface area contributed by atoms with Gasteiger partial charge < -0.3 is 25.1 Å². The van der Waals surface area contributed by atoms with E-state index in [0.717, 1.165) is 11.3 Å². The number of aliphatic hydroxyl groups excluding tert-OH is 1. The molecule has 3 heterocycles. The monoisotopic (exact) mass is 399 g/mol. The topological polar surface area (TPSA) is 142 Å². The molecule has 0 saturated carbocycles. The predicted octanol–water partition coefficient (Wildman–Crippen LogP) is 0.530. The molecule has 0 spiro atoms. The Labute approximate surface area is 158 Å². The van der Waals surface area contributed by atoms with Gasteiger partial charge in [-0.2, -0.15) is 9.97 Å². The third kappa shape index (κ3) is 3.96. The van der Waals surface area contributed by atoms with E-state index in [-0.39, 0.29) is 42.7 Å². The summed E-state index contributed by atoms with van der Waals surface area (Å²) in [7, 11) is 1.51. The fourth-order valence-corrected chi connectivity index (χ4v) is 3.62. The number of anilines is 1.